The Morgan fingerprint density at radius 1 is 1.10 bits per heavy atom. The number of nitrogens with one attached hydrogen (secondary N) is 1. The second kappa shape index (κ2) is 8.27. The average molecular weight is 286 g/mol. The first-order valence-electron chi connectivity index (χ1n) is 7.26. The predicted octanol–water partition coefficient (Wildman–Crippen LogP) is 3.21. The van der Waals surface area contributed by atoms with Gasteiger partial charge < -0.3 is 14.8 Å². The van der Waals surface area contributed by atoms with E-state index >= 15 is 0 Å². The van der Waals surface area contributed by atoms with E-state index in [1.165, 1.54) is 0 Å². The number of aromatic nitrogens is 1. The van der Waals surface area contributed by atoms with E-state index in [0.717, 1.165) is 23.5 Å². The number of hydrogen-bond acceptors (Lipinski definition) is 4. The molecular formula is C17H22N2O2. The van der Waals surface area contributed by atoms with E-state index < -0.39 is 0 Å². The Bertz CT molecular complexity index is 531. The summed E-state index contributed by atoms with van der Waals surface area (Å²) >= 11 is 0. The van der Waals surface area contributed by atoms with Crippen molar-refractivity contribution in [1.29, 1.82) is 0 Å². The number of hydrogen-bond donors (Lipinski definition) is 1. The number of para-hydroxylation sites is 1. The maximum atomic E-state index is 5.75. The van der Waals surface area contributed by atoms with Crippen molar-refractivity contribution >= 4 is 0 Å². The molecule has 4 heteroatoms. The molecule has 0 spiro atoms. The molecule has 1 N–H and O–H groups in total. The number of rotatable bonds is 8. The van der Waals surface area contributed by atoms with Gasteiger partial charge in [-0.2, -0.15) is 0 Å². The molecule has 1 heterocycles. The molecule has 1 aromatic carbocycles. The quantitative estimate of drug-likeness (QED) is 0.809. The lowest BCUT2D eigenvalue weighted by Gasteiger charge is -2.17. The van der Waals surface area contributed by atoms with E-state index in [4.69, 9.17) is 9.47 Å². The molecule has 0 aliphatic carbocycles. The first-order chi connectivity index (χ1) is 10.3. The van der Waals surface area contributed by atoms with Crippen molar-refractivity contribution in [3.8, 4) is 11.5 Å². The molecule has 1 aromatic heterocycles. The normalized spacial score (nSPS) is 11.9. The molecule has 0 bridgehead atoms. The van der Waals surface area contributed by atoms with Gasteiger partial charge in [-0.3, -0.25) is 4.98 Å². The van der Waals surface area contributed by atoms with Crippen LogP contribution in [-0.2, 0) is 0 Å². The first kappa shape index (κ1) is 15.3. The summed E-state index contributed by atoms with van der Waals surface area (Å²) in [4.78, 5) is 4.23. The van der Waals surface area contributed by atoms with Crippen LogP contribution in [0.1, 0.15) is 24.9 Å². The van der Waals surface area contributed by atoms with Gasteiger partial charge in [0.25, 0.3) is 0 Å². The third-order valence-electron chi connectivity index (χ3n) is 3.21. The zero-order valence-electron chi connectivity index (χ0n) is 12.6. The lowest BCUT2D eigenvalue weighted by Crippen LogP contribution is -2.19. The van der Waals surface area contributed by atoms with Crippen LogP contribution in [0.5, 0.6) is 11.5 Å². The fourth-order valence-electron chi connectivity index (χ4n) is 2.16. The van der Waals surface area contributed by atoms with E-state index in [1.807, 2.05) is 56.6 Å². The van der Waals surface area contributed by atoms with E-state index in [0.29, 0.717) is 13.2 Å². The molecule has 0 aliphatic heterocycles. The minimum Gasteiger partial charge on any atom is -0.494 e. The Balaban J connectivity index is 1.91. The number of pyridine rings is 1. The number of nitrogens with zero attached hydrogens (tertiary/aromatic N) is 1. The van der Waals surface area contributed by atoms with Gasteiger partial charge in [-0.15, -0.1) is 0 Å². The van der Waals surface area contributed by atoms with Gasteiger partial charge in [0.1, 0.15) is 11.5 Å². The van der Waals surface area contributed by atoms with Crippen LogP contribution >= 0.6 is 0 Å². The Hall–Kier alpha value is -2.07. The molecule has 0 aliphatic rings. The summed E-state index contributed by atoms with van der Waals surface area (Å²) in [6.45, 7) is 3.26. The molecule has 0 fully saturated rings. The van der Waals surface area contributed by atoms with Crippen molar-refractivity contribution in [1.82, 2.24) is 10.3 Å². The van der Waals surface area contributed by atoms with Crippen LogP contribution in [0.2, 0.25) is 0 Å². The van der Waals surface area contributed by atoms with Crippen molar-refractivity contribution in [3.05, 3.63) is 54.4 Å². The van der Waals surface area contributed by atoms with Gasteiger partial charge in [0, 0.05) is 18.7 Å². The maximum absolute atomic E-state index is 5.75. The van der Waals surface area contributed by atoms with Crippen molar-refractivity contribution in [2.24, 2.45) is 0 Å². The summed E-state index contributed by atoms with van der Waals surface area (Å²) in [5.41, 5.74) is 1.11. The van der Waals surface area contributed by atoms with Crippen LogP contribution in [0.25, 0.3) is 0 Å². The molecule has 0 saturated carbocycles. The summed E-state index contributed by atoms with van der Waals surface area (Å²) in [5, 5.41) is 3.30. The minimum absolute atomic E-state index is 0.196. The Kier molecular flexibility index (Phi) is 6.03. The summed E-state index contributed by atoms with van der Waals surface area (Å²) in [5.74, 6) is 1.70. The summed E-state index contributed by atoms with van der Waals surface area (Å²) in [6.07, 6.45) is 4.47. The second-order valence-electron chi connectivity index (χ2n) is 4.68. The van der Waals surface area contributed by atoms with Crippen LogP contribution < -0.4 is 14.8 Å². The molecular weight excluding hydrogens is 264 g/mol. The van der Waals surface area contributed by atoms with Crippen LogP contribution in [-0.4, -0.2) is 25.2 Å². The second-order valence-corrected chi connectivity index (χ2v) is 4.68. The Morgan fingerprint density at radius 3 is 2.62 bits per heavy atom. The molecule has 21 heavy (non-hydrogen) atoms. The summed E-state index contributed by atoms with van der Waals surface area (Å²) in [7, 11) is 1.94. The van der Waals surface area contributed by atoms with Crippen molar-refractivity contribution in [2.45, 2.75) is 19.4 Å². The van der Waals surface area contributed by atoms with E-state index in [1.54, 1.807) is 6.20 Å². The van der Waals surface area contributed by atoms with Crippen LogP contribution in [0, 0.1) is 0 Å². The highest BCUT2D eigenvalue weighted by atomic mass is 16.5. The zero-order chi connectivity index (χ0) is 14.9. The van der Waals surface area contributed by atoms with Crippen molar-refractivity contribution < 1.29 is 9.47 Å². The lowest BCUT2D eigenvalue weighted by molar-refractivity contribution is 0.289. The van der Waals surface area contributed by atoms with Gasteiger partial charge in [-0.25, -0.2) is 0 Å². The van der Waals surface area contributed by atoms with E-state index in [9.17, 15) is 0 Å². The molecule has 0 radical (unpaired) electrons. The Morgan fingerprint density at radius 2 is 1.90 bits per heavy atom. The number of benzene rings is 1. The van der Waals surface area contributed by atoms with Gasteiger partial charge in [-0.05, 0) is 37.7 Å². The largest absolute Gasteiger partial charge is 0.494 e. The fraction of sp³-hybridized carbons (Fsp3) is 0.353. The standard InChI is InChI=1S/C17H22N2O2/c1-3-20-16-11-14(12-19-13-16)17(18-2)9-10-21-15-7-5-4-6-8-15/h4-8,11-13,17-18H,3,9-10H2,1-2H3. The van der Waals surface area contributed by atoms with Crippen LogP contribution in [0.3, 0.4) is 0 Å². The minimum atomic E-state index is 0.196. The van der Waals surface area contributed by atoms with E-state index in [-0.39, 0.29) is 6.04 Å². The van der Waals surface area contributed by atoms with Gasteiger partial charge in [-0.1, -0.05) is 18.2 Å². The van der Waals surface area contributed by atoms with E-state index in [2.05, 4.69) is 10.3 Å². The molecule has 112 valence electrons. The monoisotopic (exact) mass is 286 g/mol. The fourth-order valence-corrected chi connectivity index (χ4v) is 2.16. The molecule has 0 saturated heterocycles. The molecule has 0 amide bonds. The third kappa shape index (κ3) is 4.76. The predicted molar refractivity (Wildman–Crippen MR) is 83.8 cm³/mol. The van der Waals surface area contributed by atoms with Gasteiger partial charge in [0.05, 0.1) is 19.4 Å². The van der Waals surface area contributed by atoms with Gasteiger partial charge >= 0.3 is 0 Å². The summed E-state index contributed by atoms with van der Waals surface area (Å²) < 4.78 is 11.2. The molecule has 2 aromatic rings. The highest BCUT2D eigenvalue weighted by molar-refractivity contribution is 5.26. The molecule has 1 unspecified atom stereocenters. The van der Waals surface area contributed by atoms with Crippen molar-refractivity contribution in [2.75, 3.05) is 20.3 Å². The van der Waals surface area contributed by atoms with Crippen LogP contribution in [0.15, 0.2) is 48.8 Å². The number of ether oxygens (including phenoxy) is 2. The molecule has 4 nitrogen and oxygen atoms in total. The van der Waals surface area contributed by atoms with Crippen molar-refractivity contribution in [3.63, 3.8) is 0 Å². The molecule has 2 rings (SSSR count). The first-order valence-corrected chi connectivity index (χ1v) is 7.26. The van der Waals surface area contributed by atoms with Gasteiger partial charge in [0.15, 0.2) is 0 Å². The van der Waals surface area contributed by atoms with Gasteiger partial charge in [0.2, 0.25) is 0 Å². The SMILES string of the molecule is CCOc1cncc(C(CCOc2ccccc2)NC)c1. The highest BCUT2D eigenvalue weighted by Gasteiger charge is 2.11. The Labute approximate surface area is 126 Å². The maximum Gasteiger partial charge on any atom is 0.137 e. The molecule has 1 atom stereocenters. The third-order valence-corrected chi connectivity index (χ3v) is 3.21. The zero-order valence-corrected chi connectivity index (χ0v) is 12.6. The van der Waals surface area contributed by atoms with Crippen LogP contribution in [0.4, 0.5) is 0 Å². The topological polar surface area (TPSA) is 43.4 Å². The average Bonchev–Trinajstić information content (AvgIpc) is 2.53. The smallest absolute Gasteiger partial charge is 0.137 e. The summed E-state index contributed by atoms with van der Waals surface area (Å²) in [6, 6.07) is 12.1. The lowest BCUT2D eigenvalue weighted by atomic mass is 10.1. The highest BCUT2D eigenvalue weighted by Crippen LogP contribution is 2.20.